The van der Waals surface area contributed by atoms with E-state index in [1.54, 1.807) is 0 Å². The molecule has 1 saturated heterocycles. The summed E-state index contributed by atoms with van der Waals surface area (Å²) in [7, 11) is 0. The Morgan fingerprint density at radius 2 is 2.16 bits per heavy atom. The third kappa shape index (κ3) is 2.81. The van der Waals surface area contributed by atoms with Crippen LogP contribution >= 0.6 is 0 Å². The number of amides is 1. The van der Waals surface area contributed by atoms with Gasteiger partial charge in [-0.1, -0.05) is 13.8 Å². The molecular weight excluding hydrogens is 240 g/mol. The summed E-state index contributed by atoms with van der Waals surface area (Å²) in [4.78, 5) is 12.6. The number of aromatic nitrogens is 2. The molecule has 0 radical (unpaired) electrons. The van der Waals surface area contributed by atoms with Crippen LogP contribution in [0.5, 0.6) is 0 Å². The van der Waals surface area contributed by atoms with Gasteiger partial charge in [-0.05, 0) is 45.7 Å². The van der Waals surface area contributed by atoms with E-state index in [0.29, 0.717) is 5.92 Å². The molecule has 106 valence electrons. The Bertz CT molecular complexity index is 439. The third-order valence-electron chi connectivity index (χ3n) is 4.27. The van der Waals surface area contributed by atoms with Crippen molar-refractivity contribution in [1.82, 2.24) is 15.5 Å². The first-order valence-electron chi connectivity index (χ1n) is 6.96. The molecule has 0 saturated carbocycles. The second-order valence-corrected chi connectivity index (χ2v) is 6.03. The largest absolute Gasteiger partial charge is 0.323 e. The number of piperidine rings is 1. The highest BCUT2D eigenvalue weighted by Gasteiger charge is 2.37. The number of carbonyl (C=O) groups is 1. The predicted octanol–water partition coefficient (Wildman–Crippen LogP) is 1.99. The van der Waals surface area contributed by atoms with Gasteiger partial charge in [0.25, 0.3) is 0 Å². The normalized spacial score (nSPS) is 20.3. The van der Waals surface area contributed by atoms with E-state index < -0.39 is 0 Å². The van der Waals surface area contributed by atoms with Gasteiger partial charge in [-0.15, -0.1) is 0 Å². The van der Waals surface area contributed by atoms with E-state index in [4.69, 9.17) is 0 Å². The van der Waals surface area contributed by atoms with E-state index in [1.165, 1.54) is 0 Å². The Kier molecular flexibility index (Phi) is 3.94. The van der Waals surface area contributed by atoms with Crippen molar-refractivity contribution in [3.05, 3.63) is 11.4 Å². The van der Waals surface area contributed by atoms with Crippen molar-refractivity contribution in [2.24, 2.45) is 11.3 Å². The zero-order valence-corrected chi connectivity index (χ0v) is 12.3. The predicted molar refractivity (Wildman–Crippen MR) is 76.1 cm³/mol. The molecule has 2 rings (SSSR count). The maximum atomic E-state index is 12.6. The van der Waals surface area contributed by atoms with Crippen LogP contribution in [0.15, 0.2) is 0 Å². The van der Waals surface area contributed by atoms with Crippen molar-refractivity contribution in [1.29, 1.82) is 0 Å². The highest BCUT2D eigenvalue weighted by Crippen LogP contribution is 2.33. The van der Waals surface area contributed by atoms with Crippen LogP contribution < -0.4 is 10.6 Å². The van der Waals surface area contributed by atoms with Gasteiger partial charge in [0, 0.05) is 5.41 Å². The first-order valence-corrected chi connectivity index (χ1v) is 6.96. The molecule has 1 fully saturated rings. The lowest BCUT2D eigenvalue weighted by atomic mass is 9.74. The number of nitrogens with zero attached hydrogens (tertiary/aromatic N) is 1. The van der Waals surface area contributed by atoms with Gasteiger partial charge in [0.1, 0.15) is 0 Å². The zero-order chi connectivity index (χ0) is 14.0. The first-order chi connectivity index (χ1) is 8.93. The smallest absolute Gasteiger partial charge is 0.230 e. The number of H-pyrrole nitrogens is 1. The summed E-state index contributed by atoms with van der Waals surface area (Å²) in [6.07, 6.45) is 2.25. The molecule has 0 aliphatic carbocycles. The molecule has 19 heavy (non-hydrogen) atoms. The molecule has 3 N–H and O–H groups in total. The molecular formula is C14H24N4O. The molecule has 1 amide bonds. The summed E-state index contributed by atoms with van der Waals surface area (Å²) < 4.78 is 0. The maximum Gasteiger partial charge on any atom is 0.230 e. The monoisotopic (exact) mass is 264 g/mol. The summed E-state index contributed by atoms with van der Waals surface area (Å²) in [5, 5.41) is 13.4. The van der Waals surface area contributed by atoms with Crippen LogP contribution in [0.3, 0.4) is 0 Å². The molecule has 5 nitrogen and oxygen atoms in total. The van der Waals surface area contributed by atoms with E-state index in [0.717, 1.165) is 43.0 Å². The molecule has 1 aliphatic heterocycles. The minimum absolute atomic E-state index is 0.0776. The van der Waals surface area contributed by atoms with Crippen LogP contribution in [-0.2, 0) is 4.79 Å². The fourth-order valence-corrected chi connectivity index (χ4v) is 2.66. The number of aryl methyl sites for hydroxylation is 2. The van der Waals surface area contributed by atoms with Crippen molar-refractivity contribution >= 4 is 11.6 Å². The maximum absolute atomic E-state index is 12.6. The third-order valence-corrected chi connectivity index (χ3v) is 4.27. The van der Waals surface area contributed by atoms with Gasteiger partial charge in [-0.3, -0.25) is 9.89 Å². The topological polar surface area (TPSA) is 69.8 Å². The molecule has 2 heterocycles. The Hall–Kier alpha value is -1.36. The molecule has 5 heteroatoms. The molecule has 1 atom stereocenters. The van der Waals surface area contributed by atoms with Gasteiger partial charge in [-0.2, -0.15) is 5.10 Å². The van der Waals surface area contributed by atoms with Crippen LogP contribution in [0, 0.1) is 25.2 Å². The molecule has 0 spiro atoms. The highest BCUT2D eigenvalue weighted by molar-refractivity contribution is 5.96. The van der Waals surface area contributed by atoms with E-state index in [2.05, 4.69) is 20.8 Å². The van der Waals surface area contributed by atoms with Crippen molar-refractivity contribution in [2.45, 2.75) is 40.5 Å². The van der Waals surface area contributed by atoms with Crippen LogP contribution in [0.25, 0.3) is 0 Å². The van der Waals surface area contributed by atoms with Gasteiger partial charge in [0.2, 0.25) is 5.91 Å². The van der Waals surface area contributed by atoms with Gasteiger partial charge < -0.3 is 10.6 Å². The minimum atomic E-state index is -0.371. The highest BCUT2D eigenvalue weighted by atomic mass is 16.2. The summed E-state index contributed by atoms with van der Waals surface area (Å²) in [5.41, 5.74) is 2.19. The number of anilines is 1. The molecule has 1 unspecified atom stereocenters. The summed E-state index contributed by atoms with van der Waals surface area (Å²) in [6, 6.07) is 0. The Labute approximate surface area is 114 Å². The van der Waals surface area contributed by atoms with Gasteiger partial charge in [0.15, 0.2) is 0 Å². The van der Waals surface area contributed by atoms with E-state index in [-0.39, 0.29) is 11.3 Å². The Morgan fingerprint density at radius 1 is 1.42 bits per heavy atom. The number of carbonyl (C=O) groups excluding carboxylic acids is 1. The average molecular weight is 264 g/mol. The second-order valence-electron chi connectivity index (χ2n) is 6.03. The van der Waals surface area contributed by atoms with Gasteiger partial charge in [-0.25, -0.2) is 0 Å². The van der Waals surface area contributed by atoms with Crippen molar-refractivity contribution in [3.8, 4) is 0 Å². The van der Waals surface area contributed by atoms with Gasteiger partial charge in [0.05, 0.1) is 17.1 Å². The molecule has 0 bridgehead atoms. The standard InChI is InChI=1S/C14H24N4O/c1-9-12(10(2)18-17-9)16-13(19)14(3,4)11-6-5-7-15-8-11/h11,15H,5-8H2,1-4H3,(H,16,19)(H,17,18). The van der Waals surface area contributed by atoms with Crippen LogP contribution in [0.1, 0.15) is 38.1 Å². The molecule has 0 aromatic carbocycles. The summed E-state index contributed by atoms with van der Waals surface area (Å²) in [5.74, 6) is 0.461. The quantitative estimate of drug-likeness (QED) is 0.782. The zero-order valence-electron chi connectivity index (χ0n) is 12.3. The minimum Gasteiger partial charge on any atom is -0.323 e. The number of rotatable bonds is 3. The average Bonchev–Trinajstić information content (AvgIpc) is 2.71. The van der Waals surface area contributed by atoms with Crippen LogP contribution in [0.4, 0.5) is 5.69 Å². The number of hydrogen-bond donors (Lipinski definition) is 3. The van der Waals surface area contributed by atoms with Crippen LogP contribution in [0.2, 0.25) is 0 Å². The SMILES string of the molecule is Cc1n[nH]c(C)c1NC(=O)C(C)(C)C1CCCNC1. The second kappa shape index (κ2) is 5.33. The lowest BCUT2D eigenvalue weighted by Gasteiger charge is -2.36. The van der Waals surface area contributed by atoms with E-state index in [9.17, 15) is 4.79 Å². The molecule has 1 aliphatic rings. The summed E-state index contributed by atoms with van der Waals surface area (Å²) >= 11 is 0. The van der Waals surface area contributed by atoms with Crippen molar-refractivity contribution < 1.29 is 4.79 Å². The van der Waals surface area contributed by atoms with Crippen molar-refractivity contribution in [3.63, 3.8) is 0 Å². The number of nitrogens with one attached hydrogen (secondary N) is 3. The molecule has 1 aromatic heterocycles. The fraction of sp³-hybridized carbons (Fsp3) is 0.714. The van der Waals surface area contributed by atoms with Gasteiger partial charge >= 0.3 is 0 Å². The lowest BCUT2D eigenvalue weighted by Crippen LogP contribution is -2.44. The van der Waals surface area contributed by atoms with Crippen LogP contribution in [-0.4, -0.2) is 29.2 Å². The molecule has 1 aromatic rings. The number of hydrogen-bond acceptors (Lipinski definition) is 3. The van der Waals surface area contributed by atoms with Crippen molar-refractivity contribution in [2.75, 3.05) is 18.4 Å². The fourth-order valence-electron chi connectivity index (χ4n) is 2.66. The summed E-state index contributed by atoms with van der Waals surface area (Å²) in [6.45, 7) is 9.87. The Balaban J connectivity index is 2.10. The number of aromatic amines is 1. The lowest BCUT2D eigenvalue weighted by molar-refractivity contribution is -0.127. The van der Waals surface area contributed by atoms with E-state index in [1.807, 2.05) is 27.7 Å². The van der Waals surface area contributed by atoms with E-state index >= 15 is 0 Å². The Morgan fingerprint density at radius 3 is 2.68 bits per heavy atom. The first kappa shape index (κ1) is 14.1.